The zero-order valence-corrected chi connectivity index (χ0v) is 12.3. The second-order valence-corrected chi connectivity index (χ2v) is 5.00. The van der Waals surface area contributed by atoms with Crippen LogP contribution in [0.5, 0.6) is 5.75 Å². The molecule has 2 heterocycles. The molecule has 0 atom stereocenters. The molecule has 7 nitrogen and oxygen atoms in total. The maximum atomic E-state index is 11.9. The molecule has 0 radical (unpaired) electrons. The van der Waals surface area contributed by atoms with Crippen molar-refractivity contribution in [3.63, 3.8) is 0 Å². The lowest BCUT2D eigenvalue weighted by Crippen LogP contribution is -2.30. The highest BCUT2D eigenvalue weighted by Gasteiger charge is 2.16. The van der Waals surface area contributed by atoms with Crippen molar-refractivity contribution in [2.24, 2.45) is 0 Å². The number of carbonyl (C=O) groups is 2. The van der Waals surface area contributed by atoms with Gasteiger partial charge in [-0.1, -0.05) is 6.07 Å². The third-order valence-corrected chi connectivity index (χ3v) is 3.27. The number of urea groups is 1. The van der Waals surface area contributed by atoms with Gasteiger partial charge in [-0.25, -0.2) is 4.79 Å². The lowest BCUT2D eigenvalue weighted by Gasteiger charge is -2.18. The van der Waals surface area contributed by atoms with Gasteiger partial charge >= 0.3 is 6.03 Å². The van der Waals surface area contributed by atoms with Gasteiger partial charge in [0.15, 0.2) is 6.61 Å². The molecule has 3 amide bonds. The minimum Gasteiger partial charge on any atom is -0.482 e. The third-order valence-electron chi connectivity index (χ3n) is 3.27. The Labute approximate surface area is 133 Å². The van der Waals surface area contributed by atoms with Crippen LogP contribution < -0.4 is 20.7 Å². The molecule has 23 heavy (non-hydrogen) atoms. The molecule has 0 saturated heterocycles. The van der Waals surface area contributed by atoms with Crippen LogP contribution in [0.2, 0.25) is 0 Å². The van der Waals surface area contributed by atoms with Crippen molar-refractivity contribution in [3.05, 3.63) is 48.3 Å². The van der Waals surface area contributed by atoms with Crippen LogP contribution in [0, 0.1) is 0 Å². The van der Waals surface area contributed by atoms with Gasteiger partial charge in [0.05, 0.1) is 5.69 Å². The summed E-state index contributed by atoms with van der Waals surface area (Å²) in [5, 5.41) is 8.19. The number of anilines is 2. The van der Waals surface area contributed by atoms with E-state index in [1.54, 1.807) is 24.4 Å². The summed E-state index contributed by atoms with van der Waals surface area (Å²) in [5.74, 6) is 0.348. The molecule has 1 aliphatic heterocycles. The van der Waals surface area contributed by atoms with E-state index >= 15 is 0 Å². The lowest BCUT2D eigenvalue weighted by molar-refractivity contribution is -0.118. The van der Waals surface area contributed by atoms with E-state index in [9.17, 15) is 9.59 Å². The van der Waals surface area contributed by atoms with Crippen LogP contribution >= 0.6 is 0 Å². The Balaban J connectivity index is 1.51. The third kappa shape index (κ3) is 3.97. The standard InChI is InChI=1S/C16H16N4O3/c21-15-10-23-14-9-12(4-5-13(14)20-15)19-16(22)18-8-6-11-3-1-2-7-17-11/h1-5,7,9H,6,8,10H2,(H,20,21)(H2,18,19,22). The smallest absolute Gasteiger partial charge is 0.319 e. The van der Waals surface area contributed by atoms with Crippen LogP contribution in [-0.2, 0) is 11.2 Å². The fourth-order valence-corrected chi connectivity index (χ4v) is 2.18. The highest BCUT2D eigenvalue weighted by molar-refractivity contribution is 5.96. The molecular formula is C16H16N4O3. The van der Waals surface area contributed by atoms with E-state index in [0.29, 0.717) is 30.1 Å². The first-order valence-corrected chi connectivity index (χ1v) is 7.22. The van der Waals surface area contributed by atoms with E-state index in [4.69, 9.17) is 4.74 Å². The molecule has 118 valence electrons. The molecule has 0 aliphatic carbocycles. The number of benzene rings is 1. The zero-order valence-electron chi connectivity index (χ0n) is 12.3. The molecule has 0 fully saturated rings. The molecule has 0 spiro atoms. The molecule has 1 aromatic heterocycles. The monoisotopic (exact) mass is 312 g/mol. The average Bonchev–Trinajstić information content (AvgIpc) is 2.56. The second-order valence-electron chi connectivity index (χ2n) is 5.00. The van der Waals surface area contributed by atoms with Crippen molar-refractivity contribution >= 4 is 23.3 Å². The Morgan fingerprint density at radius 2 is 2.22 bits per heavy atom. The molecule has 3 N–H and O–H groups in total. The number of amides is 3. The van der Waals surface area contributed by atoms with Crippen molar-refractivity contribution in [1.82, 2.24) is 10.3 Å². The van der Waals surface area contributed by atoms with Crippen molar-refractivity contribution < 1.29 is 14.3 Å². The minimum atomic E-state index is -0.305. The van der Waals surface area contributed by atoms with Crippen molar-refractivity contribution in [1.29, 1.82) is 0 Å². The first-order chi connectivity index (χ1) is 11.2. The van der Waals surface area contributed by atoms with Gasteiger partial charge in [-0.05, 0) is 24.3 Å². The van der Waals surface area contributed by atoms with Gasteiger partial charge in [-0.2, -0.15) is 0 Å². The van der Waals surface area contributed by atoms with Crippen molar-refractivity contribution in [3.8, 4) is 5.75 Å². The molecule has 3 rings (SSSR count). The van der Waals surface area contributed by atoms with E-state index in [1.165, 1.54) is 0 Å². The van der Waals surface area contributed by atoms with Gasteiger partial charge in [0.2, 0.25) is 0 Å². The molecule has 2 aromatic rings. The fourth-order valence-electron chi connectivity index (χ4n) is 2.18. The first-order valence-electron chi connectivity index (χ1n) is 7.22. The molecule has 0 saturated carbocycles. The Hall–Kier alpha value is -3.09. The van der Waals surface area contributed by atoms with Crippen molar-refractivity contribution in [2.45, 2.75) is 6.42 Å². The topological polar surface area (TPSA) is 92.3 Å². The summed E-state index contributed by atoms with van der Waals surface area (Å²) in [7, 11) is 0. The predicted octanol–water partition coefficient (Wildman–Crippen LogP) is 1.78. The Bertz CT molecular complexity index is 719. The number of carbonyl (C=O) groups excluding carboxylic acids is 2. The van der Waals surface area contributed by atoms with E-state index in [0.717, 1.165) is 5.69 Å². The van der Waals surface area contributed by atoms with Crippen molar-refractivity contribution in [2.75, 3.05) is 23.8 Å². The molecule has 0 bridgehead atoms. The number of rotatable bonds is 4. The summed E-state index contributed by atoms with van der Waals surface area (Å²) in [5.41, 5.74) is 2.11. The number of nitrogens with one attached hydrogen (secondary N) is 3. The maximum absolute atomic E-state index is 11.9. The summed E-state index contributed by atoms with van der Waals surface area (Å²) < 4.78 is 5.30. The summed E-state index contributed by atoms with van der Waals surface area (Å²) >= 11 is 0. The zero-order chi connectivity index (χ0) is 16.1. The second kappa shape index (κ2) is 6.78. The number of nitrogens with zero attached hydrogens (tertiary/aromatic N) is 1. The molecule has 1 aromatic carbocycles. The normalized spacial score (nSPS) is 12.6. The maximum Gasteiger partial charge on any atom is 0.319 e. The van der Waals surface area contributed by atoms with Gasteiger partial charge in [0, 0.05) is 36.6 Å². The number of aromatic nitrogens is 1. The molecule has 0 unspecified atom stereocenters. The summed E-state index contributed by atoms with van der Waals surface area (Å²) in [6, 6.07) is 10.4. The van der Waals surface area contributed by atoms with E-state index in [2.05, 4.69) is 20.9 Å². The van der Waals surface area contributed by atoms with Gasteiger partial charge < -0.3 is 20.7 Å². The largest absolute Gasteiger partial charge is 0.482 e. The number of hydrogen-bond acceptors (Lipinski definition) is 4. The molecule has 7 heteroatoms. The SMILES string of the molecule is O=C1COc2cc(NC(=O)NCCc3ccccn3)ccc2N1. The highest BCUT2D eigenvalue weighted by atomic mass is 16.5. The van der Waals surface area contributed by atoms with Gasteiger partial charge in [-0.3, -0.25) is 9.78 Å². The number of pyridine rings is 1. The highest BCUT2D eigenvalue weighted by Crippen LogP contribution is 2.30. The quantitative estimate of drug-likeness (QED) is 0.802. The molecular weight excluding hydrogens is 296 g/mol. The number of hydrogen-bond donors (Lipinski definition) is 3. The van der Waals surface area contributed by atoms with Gasteiger partial charge in [0.1, 0.15) is 5.75 Å². The summed E-state index contributed by atoms with van der Waals surface area (Å²) in [4.78, 5) is 27.3. The first kappa shape index (κ1) is 14.8. The minimum absolute atomic E-state index is 0.0211. The average molecular weight is 312 g/mol. The van der Waals surface area contributed by atoms with Gasteiger partial charge in [0.25, 0.3) is 5.91 Å². The lowest BCUT2D eigenvalue weighted by atomic mass is 10.2. The van der Waals surface area contributed by atoms with Crippen LogP contribution in [0.15, 0.2) is 42.6 Å². The summed E-state index contributed by atoms with van der Waals surface area (Å²) in [6.07, 6.45) is 2.38. The van der Waals surface area contributed by atoms with E-state index in [-0.39, 0.29) is 18.5 Å². The number of fused-ring (bicyclic) bond motifs is 1. The Kier molecular flexibility index (Phi) is 4.37. The molecule has 1 aliphatic rings. The van der Waals surface area contributed by atoms with Crippen LogP contribution in [0.1, 0.15) is 5.69 Å². The Morgan fingerprint density at radius 3 is 3.04 bits per heavy atom. The van der Waals surface area contributed by atoms with Gasteiger partial charge in [-0.15, -0.1) is 0 Å². The fraction of sp³-hybridized carbons (Fsp3) is 0.188. The van der Waals surface area contributed by atoms with Crippen LogP contribution in [0.25, 0.3) is 0 Å². The van der Waals surface area contributed by atoms with Crippen LogP contribution in [0.4, 0.5) is 16.2 Å². The Morgan fingerprint density at radius 1 is 1.30 bits per heavy atom. The summed E-state index contributed by atoms with van der Waals surface area (Å²) in [6.45, 7) is 0.465. The number of ether oxygens (including phenoxy) is 1. The van der Waals surface area contributed by atoms with Crippen LogP contribution in [-0.4, -0.2) is 30.1 Å². The predicted molar refractivity (Wildman–Crippen MR) is 85.5 cm³/mol. The van der Waals surface area contributed by atoms with Crippen LogP contribution in [0.3, 0.4) is 0 Å². The van der Waals surface area contributed by atoms with E-state index < -0.39 is 0 Å². The van der Waals surface area contributed by atoms with E-state index in [1.807, 2.05) is 18.2 Å².